The Hall–Kier alpha value is -1.52. The van der Waals surface area contributed by atoms with Gasteiger partial charge in [0.15, 0.2) is 6.10 Å². The molecule has 3 atom stereocenters. The number of ether oxygens (including phenoxy) is 2. The largest absolute Gasteiger partial charge is 0.480 e. The number of rotatable bonds is 32. The SMILES string of the molecule is CCCCCCCCCCCCCCCC(=O)OC(COC(=O)CCCCCCCCC)COP(=O)(O)OCC(N)C(=O)O. The molecule has 0 aromatic rings. The van der Waals surface area contributed by atoms with Gasteiger partial charge in [-0.1, -0.05) is 129 Å². The summed E-state index contributed by atoms with van der Waals surface area (Å²) in [6.07, 6.45) is 22.0. The fourth-order valence-electron chi connectivity index (χ4n) is 4.59. The van der Waals surface area contributed by atoms with Crippen LogP contribution < -0.4 is 5.73 Å². The van der Waals surface area contributed by atoms with E-state index in [1.54, 1.807) is 0 Å². The Balaban J connectivity index is 4.45. The van der Waals surface area contributed by atoms with Crippen LogP contribution in [0.25, 0.3) is 0 Å². The smallest absolute Gasteiger partial charge is 0.472 e. The van der Waals surface area contributed by atoms with Crippen LogP contribution in [0.3, 0.4) is 0 Å². The molecule has 0 radical (unpaired) electrons. The number of hydrogen-bond acceptors (Lipinski definition) is 9. The van der Waals surface area contributed by atoms with Gasteiger partial charge in [-0.2, -0.15) is 0 Å². The van der Waals surface area contributed by atoms with Crippen LogP contribution in [-0.2, 0) is 37.5 Å². The van der Waals surface area contributed by atoms with Crippen LogP contribution in [0.1, 0.15) is 155 Å². The molecule has 11 nitrogen and oxygen atoms in total. The van der Waals surface area contributed by atoms with Gasteiger partial charge in [0.25, 0.3) is 0 Å². The van der Waals surface area contributed by atoms with Crippen LogP contribution in [0.5, 0.6) is 0 Å². The summed E-state index contributed by atoms with van der Waals surface area (Å²) in [6.45, 7) is 2.72. The number of carbonyl (C=O) groups excluding carboxylic acids is 2. The number of aliphatic carboxylic acids is 1. The number of nitrogens with two attached hydrogens (primary N) is 1. The second kappa shape index (κ2) is 28.9. The predicted octanol–water partition coefficient (Wildman–Crippen LogP) is 7.61. The summed E-state index contributed by atoms with van der Waals surface area (Å²) in [4.78, 5) is 45.4. The summed E-state index contributed by atoms with van der Waals surface area (Å²) in [5.41, 5.74) is 5.29. The molecule has 0 aliphatic heterocycles. The third-order valence-electron chi connectivity index (χ3n) is 7.36. The molecule has 260 valence electrons. The van der Waals surface area contributed by atoms with Crippen LogP contribution in [0.2, 0.25) is 0 Å². The molecule has 0 aliphatic rings. The summed E-state index contributed by atoms with van der Waals surface area (Å²) in [7, 11) is -4.69. The fraction of sp³-hybridized carbons (Fsp3) is 0.906. The first-order valence-corrected chi connectivity index (χ1v) is 18.6. The lowest BCUT2D eigenvalue weighted by Gasteiger charge is -2.20. The summed E-state index contributed by atoms with van der Waals surface area (Å²) >= 11 is 0. The Morgan fingerprint density at radius 3 is 1.43 bits per heavy atom. The second-order valence-corrected chi connectivity index (χ2v) is 13.1. The Labute approximate surface area is 265 Å². The number of carbonyl (C=O) groups is 3. The van der Waals surface area contributed by atoms with Crippen molar-refractivity contribution in [3.05, 3.63) is 0 Å². The fourth-order valence-corrected chi connectivity index (χ4v) is 5.37. The van der Waals surface area contributed by atoms with Gasteiger partial charge >= 0.3 is 25.7 Å². The normalized spacial score (nSPS) is 14.1. The maximum Gasteiger partial charge on any atom is 0.472 e. The monoisotopic (exact) mass is 651 g/mol. The van der Waals surface area contributed by atoms with Gasteiger partial charge in [0.1, 0.15) is 12.6 Å². The molecule has 0 bridgehead atoms. The standard InChI is InChI=1S/C32H62NO10P/c1-3-5-7-9-11-12-13-14-15-16-18-20-22-24-31(35)43-28(26-41-44(38,39)42-27-29(33)32(36)37)25-40-30(34)23-21-19-17-10-8-6-4-2/h28-29H,3-27,33H2,1-2H3,(H,36,37)(H,38,39). The van der Waals surface area contributed by atoms with Crippen molar-refractivity contribution in [2.45, 2.75) is 167 Å². The van der Waals surface area contributed by atoms with Crippen LogP contribution >= 0.6 is 7.82 Å². The van der Waals surface area contributed by atoms with Crippen LogP contribution in [0.4, 0.5) is 0 Å². The predicted molar refractivity (Wildman–Crippen MR) is 171 cm³/mol. The van der Waals surface area contributed by atoms with E-state index in [1.165, 1.54) is 77.0 Å². The van der Waals surface area contributed by atoms with E-state index in [4.69, 9.17) is 24.8 Å². The number of carboxylic acids is 1. The molecule has 0 saturated carbocycles. The molecule has 0 rings (SSSR count). The summed E-state index contributed by atoms with van der Waals surface area (Å²) in [5, 5.41) is 8.81. The van der Waals surface area contributed by atoms with E-state index in [9.17, 15) is 23.8 Å². The molecule has 12 heteroatoms. The summed E-state index contributed by atoms with van der Waals surface area (Å²) < 4.78 is 32.3. The lowest BCUT2D eigenvalue weighted by atomic mass is 10.0. The summed E-state index contributed by atoms with van der Waals surface area (Å²) in [6, 6.07) is -1.51. The molecule has 0 saturated heterocycles. The molecular formula is C32H62NO10P. The molecule has 4 N–H and O–H groups in total. The average molecular weight is 652 g/mol. The highest BCUT2D eigenvalue weighted by Crippen LogP contribution is 2.43. The van der Waals surface area contributed by atoms with Gasteiger partial charge in [-0.15, -0.1) is 0 Å². The number of hydrogen-bond donors (Lipinski definition) is 3. The molecule has 0 amide bonds. The highest BCUT2D eigenvalue weighted by molar-refractivity contribution is 7.47. The molecule has 44 heavy (non-hydrogen) atoms. The lowest BCUT2D eigenvalue weighted by Crippen LogP contribution is -2.34. The van der Waals surface area contributed by atoms with Crippen molar-refractivity contribution in [1.82, 2.24) is 0 Å². The van der Waals surface area contributed by atoms with E-state index in [1.807, 2.05) is 0 Å². The highest BCUT2D eigenvalue weighted by atomic mass is 31.2. The maximum atomic E-state index is 12.5. The zero-order valence-corrected chi connectivity index (χ0v) is 28.4. The first kappa shape index (κ1) is 42.5. The van der Waals surface area contributed by atoms with Crippen LogP contribution in [0.15, 0.2) is 0 Å². The number of carboxylic acid groups (broad SMARTS) is 1. The van der Waals surface area contributed by atoms with Gasteiger partial charge in [-0.25, -0.2) is 4.57 Å². The highest BCUT2D eigenvalue weighted by Gasteiger charge is 2.28. The molecule has 0 fully saturated rings. The van der Waals surface area contributed by atoms with E-state index >= 15 is 0 Å². The van der Waals surface area contributed by atoms with Gasteiger partial charge in [0, 0.05) is 12.8 Å². The average Bonchev–Trinajstić information content (AvgIpc) is 2.99. The first-order chi connectivity index (χ1) is 21.1. The third-order valence-corrected chi connectivity index (χ3v) is 8.31. The summed E-state index contributed by atoms with van der Waals surface area (Å²) in [5.74, 6) is -2.38. The van der Waals surface area contributed by atoms with Gasteiger partial charge in [0.2, 0.25) is 0 Å². The van der Waals surface area contributed by atoms with Crippen molar-refractivity contribution in [2.24, 2.45) is 5.73 Å². The maximum absolute atomic E-state index is 12.5. The van der Waals surface area contributed by atoms with Gasteiger partial charge in [-0.3, -0.25) is 23.4 Å². The zero-order valence-electron chi connectivity index (χ0n) is 27.5. The second-order valence-electron chi connectivity index (χ2n) is 11.7. The quantitative estimate of drug-likeness (QED) is 0.0371. The Morgan fingerprint density at radius 2 is 1.00 bits per heavy atom. The minimum absolute atomic E-state index is 0.168. The van der Waals surface area contributed by atoms with Gasteiger partial charge in [0.05, 0.1) is 13.2 Å². The molecule has 3 unspecified atom stereocenters. The molecule has 0 heterocycles. The van der Waals surface area contributed by atoms with E-state index in [-0.39, 0.29) is 19.4 Å². The van der Waals surface area contributed by atoms with E-state index in [2.05, 4.69) is 18.4 Å². The molecule has 0 aromatic carbocycles. The Morgan fingerprint density at radius 1 is 0.614 bits per heavy atom. The number of phosphoric acid groups is 1. The minimum Gasteiger partial charge on any atom is -0.480 e. The van der Waals surface area contributed by atoms with Crippen molar-refractivity contribution in [2.75, 3.05) is 19.8 Å². The third kappa shape index (κ3) is 28.0. The van der Waals surface area contributed by atoms with E-state index in [0.29, 0.717) is 12.8 Å². The molecular weight excluding hydrogens is 589 g/mol. The molecule has 0 aromatic heterocycles. The van der Waals surface area contributed by atoms with Crippen molar-refractivity contribution in [1.29, 1.82) is 0 Å². The van der Waals surface area contributed by atoms with Gasteiger partial charge < -0.3 is 25.2 Å². The van der Waals surface area contributed by atoms with E-state index < -0.39 is 51.1 Å². The first-order valence-electron chi connectivity index (χ1n) is 17.1. The zero-order chi connectivity index (χ0) is 32.9. The van der Waals surface area contributed by atoms with Gasteiger partial charge in [-0.05, 0) is 12.8 Å². The molecule has 0 aliphatic carbocycles. The number of esters is 2. The lowest BCUT2D eigenvalue weighted by molar-refractivity contribution is -0.161. The van der Waals surface area contributed by atoms with Crippen molar-refractivity contribution in [3.63, 3.8) is 0 Å². The van der Waals surface area contributed by atoms with Crippen LogP contribution in [0, 0.1) is 0 Å². The van der Waals surface area contributed by atoms with Crippen LogP contribution in [-0.4, -0.2) is 59.9 Å². The minimum atomic E-state index is -4.69. The van der Waals surface area contributed by atoms with Crippen molar-refractivity contribution < 1.29 is 47.5 Å². The molecule has 0 spiro atoms. The Kier molecular flexibility index (Phi) is 27.9. The number of unbranched alkanes of at least 4 members (excludes halogenated alkanes) is 18. The van der Waals surface area contributed by atoms with E-state index in [0.717, 1.165) is 38.5 Å². The van der Waals surface area contributed by atoms with Crippen molar-refractivity contribution in [3.8, 4) is 0 Å². The number of phosphoric ester groups is 1. The Bertz CT molecular complexity index is 782. The van der Waals surface area contributed by atoms with Crippen molar-refractivity contribution >= 4 is 25.7 Å². The topological polar surface area (TPSA) is 172 Å².